The van der Waals surface area contributed by atoms with E-state index in [1.807, 2.05) is 17.8 Å². The Morgan fingerprint density at radius 1 is 1.13 bits per heavy atom. The summed E-state index contributed by atoms with van der Waals surface area (Å²) in [6.45, 7) is 6.84. The summed E-state index contributed by atoms with van der Waals surface area (Å²) in [5.74, 6) is 3.40. The molecule has 1 aromatic carbocycles. The molecule has 15 heavy (non-hydrogen) atoms. The minimum atomic E-state index is -1.24. The van der Waals surface area contributed by atoms with Gasteiger partial charge in [-0.05, 0) is 11.8 Å². The van der Waals surface area contributed by atoms with E-state index in [4.69, 9.17) is 0 Å². The molecule has 0 aliphatic carbocycles. The highest BCUT2D eigenvalue weighted by Crippen LogP contribution is 2.25. The van der Waals surface area contributed by atoms with Crippen molar-refractivity contribution in [3.05, 3.63) is 35.9 Å². The first-order valence-electron chi connectivity index (χ1n) is 5.13. The second kappa shape index (κ2) is 5.44. The molecule has 0 N–H and O–H groups in total. The number of hydrogen-bond donors (Lipinski definition) is 0. The zero-order valence-electron chi connectivity index (χ0n) is 9.87. The topological polar surface area (TPSA) is 0 Å². The number of benzene rings is 1. The first-order chi connectivity index (χ1) is 7.03. The van der Waals surface area contributed by atoms with Crippen LogP contribution in [0.2, 0.25) is 19.6 Å². The maximum Gasteiger partial charge on any atom is 0.129 e. The van der Waals surface area contributed by atoms with Crippen LogP contribution in [0.4, 0.5) is 0 Å². The lowest BCUT2D eigenvalue weighted by Crippen LogP contribution is -2.16. The van der Waals surface area contributed by atoms with Crippen LogP contribution < -0.4 is 0 Å². The van der Waals surface area contributed by atoms with Gasteiger partial charge in [-0.3, -0.25) is 0 Å². The highest BCUT2D eigenvalue weighted by atomic mass is 32.2. The molecule has 2 heteroatoms. The summed E-state index contributed by atoms with van der Waals surface area (Å²) in [5.41, 5.74) is 4.75. The Labute approximate surface area is 98.5 Å². The maximum absolute atomic E-state index is 3.44. The molecule has 1 atom stereocenters. The van der Waals surface area contributed by atoms with Crippen LogP contribution in [0.25, 0.3) is 0 Å². The summed E-state index contributed by atoms with van der Waals surface area (Å²) < 4.78 is 0. The fourth-order valence-corrected chi connectivity index (χ4v) is 2.48. The van der Waals surface area contributed by atoms with Gasteiger partial charge in [0, 0.05) is 0 Å². The molecule has 0 nitrogen and oxygen atoms in total. The SMILES string of the molecule is CSC(C#C[Si](C)(C)C)c1ccccc1. The van der Waals surface area contributed by atoms with E-state index in [0.29, 0.717) is 5.25 Å². The van der Waals surface area contributed by atoms with E-state index in [0.717, 1.165) is 0 Å². The third-order valence-corrected chi connectivity index (χ3v) is 3.67. The zero-order valence-corrected chi connectivity index (χ0v) is 11.7. The van der Waals surface area contributed by atoms with E-state index < -0.39 is 8.07 Å². The van der Waals surface area contributed by atoms with E-state index >= 15 is 0 Å². The molecule has 0 bridgehead atoms. The van der Waals surface area contributed by atoms with Crippen molar-refractivity contribution in [1.29, 1.82) is 0 Å². The molecular weight excluding hydrogens is 216 g/mol. The van der Waals surface area contributed by atoms with Gasteiger partial charge in [0.25, 0.3) is 0 Å². The van der Waals surface area contributed by atoms with Gasteiger partial charge in [0.15, 0.2) is 0 Å². The van der Waals surface area contributed by atoms with Crippen LogP contribution in [0.1, 0.15) is 10.8 Å². The van der Waals surface area contributed by atoms with Crippen molar-refractivity contribution >= 4 is 19.8 Å². The van der Waals surface area contributed by atoms with Gasteiger partial charge < -0.3 is 0 Å². The van der Waals surface area contributed by atoms with E-state index in [2.05, 4.69) is 61.6 Å². The van der Waals surface area contributed by atoms with E-state index in [9.17, 15) is 0 Å². The van der Waals surface area contributed by atoms with Gasteiger partial charge in [0.05, 0.1) is 5.25 Å². The Morgan fingerprint density at radius 3 is 2.20 bits per heavy atom. The van der Waals surface area contributed by atoms with Crippen molar-refractivity contribution in [3.8, 4) is 11.5 Å². The number of rotatable bonds is 2. The maximum atomic E-state index is 3.44. The molecule has 0 saturated heterocycles. The van der Waals surface area contributed by atoms with E-state index in [1.54, 1.807) is 0 Å². The van der Waals surface area contributed by atoms with Crippen molar-refractivity contribution in [1.82, 2.24) is 0 Å². The molecule has 0 aliphatic heterocycles. The first kappa shape index (κ1) is 12.4. The van der Waals surface area contributed by atoms with Gasteiger partial charge in [-0.25, -0.2) is 0 Å². The average molecular weight is 234 g/mol. The largest absolute Gasteiger partial charge is 0.144 e. The summed E-state index contributed by atoms with van der Waals surface area (Å²) in [6.07, 6.45) is 2.12. The molecule has 1 unspecified atom stereocenters. The van der Waals surface area contributed by atoms with Crippen LogP contribution in [0, 0.1) is 11.5 Å². The number of thioether (sulfide) groups is 1. The Kier molecular flexibility index (Phi) is 4.50. The van der Waals surface area contributed by atoms with Gasteiger partial charge in [-0.2, -0.15) is 0 Å². The van der Waals surface area contributed by atoms with Gasteiger partial charge in [-0.1, -0.05) is 55.9 Å². The lowest BCUT2D eigenvalue weighted by molar-refractivity contribution is 1.28. The minimum absolute atomic E-state index is 0.331. The molecule has 1 rings (SSSR count). The van der Waals surface area contributed by atoms with Crippen molar-refractivity contribution in [3.63, 3.8) is 0 Å². The second-order valence-corrected chi connectivity index (χ2v) is 10.2. The standard InChI is InChI=1S/C13H18SSi/c1-14-13(10-11-15(2,3)4)12-8-6-5-7-9-12/h5-9,13H,1-4H3. The van der Waals surface area contributed by atoms with Gasteiger partial charge in [-0.15, -0.1) is 17.3 Å². The number of hydrogen-bond acceptors (Lipinski definition) is 1. The Hall–Kier alpha value is -0.653. The third kappa shape index (κ3) is 4.59. The molecule has 80 valence electrons. The highest BCUT2D eigenvalue weighted by Gasteiger charge is 2.10. The predicted molar refractivity (Wildman–Crippen MR) is 73.8 cm³/mol. The summed E-state index contributed by atoms with van der Waals surface area (Å²) in [5, 5.41) is 0.331. The Balaban J connectivity index is 2.85. The quantitative estimate of drug-likeness (QED) is 0.551. The lowest BCUT2D eigenvalue weighted by Gasteiger charge is -2.09. The fraction of sp³-hybridized carbons (Fsp3) is 0.385. The van der Waals surface area contributed by atoms with Gasteiger partial charge in [0.2, 0.25) is 0 Å². The third-order valence-electron chi connectivity index (χ3n) is 1.92. The van der Waals surface area contributed by atoms with Crippen LogP contribution >= 0.6 is 11.8 Å². The molecule has 0 spiro atoms. The van der Waals surface area contributed by atoms with Crippen molar-refractivity contribution < 1.29 is 0 Å². The first-order valence-corrected chi connectivity index (χ1v) is 9.92. The average Bonchev–Trinajstić information content (AvgIpc) is 2.19. The van der Waals surface area contributed by atoms with Crippen molar-refractivity contribution in [2.75, 3.05) is 6.26 Å². The van der Waals surface area contributed by atoms with Gasteiger partial charge >= 0.3 is 0 Å². The summed E-state index contributed by atoms with van der Waals surface area (Å²) >= 11 is 1.81. The molecule has 0 heterocycles. The van der Waals surface area contributed by atoms with E-state index in [-0.39, 0.29) is 0 Å². The van der Waals surface area contributed by atoms with E-state index in [1.165, 1.54) is 5.56 Å². The molecule has 0 aliphatic rings. The Morgan fingerprint density at radius 2 is 1.73 bits per heavy atom. The molecule has 0 radical (unpaired) electrons. The summed E-state index contributed by atoms with van der Waals surface area (Å²) in [4.78, 5) is 0. The van der Waals surface area contributed by atoms with Gasteiger partial charge in [0.1, 0.15) is 8.07 Å². The zero-order chi connectivity index (χ0) is 11.3. The predicted octanol–water partition coefficient (Wildman–Crippen LogP) is 3.97. The summed E-state index contributed by atoms with van der Waals surface area (Å²) in [6, 6.07) is 10.5. The minimum Gasteiger partial charge on any atom is -0.144 e. The lowest BCUT2D eigenvalue weighted by atomic mass is 10.2. The van der Waals surface area contributed by atoms with Crippen LogP contribution in [-0.2, 0) is 0 Å². The second-order valence-electron chi connectivity index (χ2n) is 4.55. The molecule has 0 saturated carbocycles. The van der Waals surface area contributed by atoms with Crippen LogP contribution in [0.3, 0.4) is 0 Å². The smallest absolute Gasteiger partial charge is 0.129 e. The fourth-order valence-electron chi connectivity index (χ4n) is 1.19. The van der Waals surface area contributed by atoms with Crippen molar-refractivity contribution in [2.45, 2.75) is 24.9 Å². The Bertz CT molecular complexity index is 354. The van der Waals surface area contributed by atoms with Crippen LogP contribution in [0.5, 0.6) is 0 Å². The molecule has 1 aromatic rings. The van der Waals surface area contributed by atoms with Crippen molar-refractivity contribution in [2.24, 2.45) is 0 Å². The van der Waals surface area contributed by atoms with Crippen LogP contribution in [0.15, 0.2) is 30.3 Å². The van der Waals surface area contributed by atoms with Crippen LogP contribution in [-0.4, -0.2) is 14.3 Å². The monoisotopic (exact) mass is 234 g/mol. The molecule has 0 fully saturated rings. The normalized spacial score (nSPS) is 12.8. The summed E-state index contributed by atoms with van der Waals surface area (Å²) in [7, 11) is -1.24. The molecule has 0 amide bonds. The molecule has 0 aromatic heterocycles. The molecular formula is C13H18SSi. The highest BCUT2D eigenvalue weighted by molar-refractivity contribution is 7.99.